The molecular formula is C22H29N9O5. The number of aliphatic imine (C=N–C) groups is 1. The zero-order valence-electron chi connectivity index (χ0n) is 19.7. The van der Waals surface area contributed by atoms with Crippen LogP contribution in [0.25, 0.3) is 0 Å². The summed E-state index contributed by atoms with van der Waals surface area (Å²) < 4.78 is 4.82. The van der Waals surface area contributed by atoms with E-state index in [0.29, 0.717) is 23.8 Å². The maximum Gasteiger partial charge on any atom is 0.326 e. The number of hydrogen-bond acceptors (Lipinski definition) is 12. The maximum absolute atomic E-state index is 12.6. The number of nitrogens with two attached hydrogens (primary N) is 3. The molecule has 2 aromatic rings. The topological polar surface area (TPSA) is 224 Å². The molecule has 1 aromatic heterocycles. The Morgan fingerprint density at radius 2 is 2.00 bits per heavy atom. The number of ether oxygens (including phenoxy) is 1. The molecule has 14 heteroatoms. The van der Waals surface area contributed by atoms with Crippen LogP contribution in [0.5, 0.6) is 0 Å². The number of hydrogen-bond donors (Lipinski definition) is 6. The number of fused-ring (bicyclic) bond motifs is 1. The van der Waals surface area contributed by atoms with Crippen LogP contribution in [0.1, 0.15) is 40.8 Å². The van der Waals surface area contributed by atoms with Crippen molar-refractivity contribution in [2.75, 3.05) is 30.4 Å². The second-order valence-corrected chi connectivity index (χ2v) is 7.99. The quantitative estimate of drug-likeness (QED) is 0.211. The number of amides is 1. The number of aromatic nitrogens is 2. The van der Waals surface area contributed by atoms with Crippen molar-refractivity contribution in [1.29, 1.82) is 0 Å². The van der Waals surface area contributed by atoms with Crippen molar-refractivity contribution in [2.45, 2.75) is 31.6 Å². The number of nitrogens with zero attached hydrogens (tertiary/aromatic N) is 4. The molecule has 1 unspecified atom stereocenters. The van der Waals surface area contributed by atoms with Crippen molar-refractivity contribution in [1.82, 2.24) is 15.3 Å². The van der Waals surface area contributed by atoms with Crippen LogP contribution in [0, 0.1) is 0 Å². The monoisotopic (exact) mass is 499 g/mol. The molecule has 14 nitrogen and oxygen atoms in total. The van der Waals surface area contributed by atoms with Gasteiger partial charge in [-0.2, -0.15) is 0 Å². The van der Waals surface area contributed by atoms with Gasteiger partial charge in [0.2, 0.25) is 0 Å². The van der Waals surface area contributed by atoms with Crippen LogP contribution in [-0.4, -0.2) is 65.1 Å². The largest absolute Gasteiger partial charge is 0.480 e. The summed E-state index contributed by atoms with van der Waals surface area (Å²) in [6, 6.07) is 5.35. The predicted octanol–water partition coefficient (Wildman–Crippen LogP) is -0.724. The minimum absolute atomic E-state index is 0.0528. The maximum atomic E-state index is 12.6. The van der Waals surface area contributed by atoms with E-state index in [1.807, 2.05) is 11.9 Å². The molecule has 0 saturated heterocycles. The lowest BCUT2D eigenvalue weighted by atomic mass is 10.1. The smallest absolute Gasteiger partial charge is 0.326 e. The lowest BCUT2D eigenvalue weighted by molar-refractivity contribution is -0.144. The van der Waals surface area contributed by atoms with Gasteiger partial charge in [0.05, 0.1) is 18.4 Å². The average molecular weight is 500 g/mol. The fraction of sp³-hybridized carbons (Fsp3) is 0.364. The van der Waals surface area contributed by atoms with Crippen LogP contribution in [-0.2, 0) is 20.9 Å². The van der Waals surface area contributed by atoms with Crippen molar-refractivity contribution in [3.05, 3.63) is 47.4 Å². The summed E-state index contributed by atoms with van der Waals surface area (Å²) in [5, 5.41) is 14.6. The zero-order valence-corrected chi connectivity index (χ0v) is 19.7. The number of anilines is 2. The molecule has 1 aliphatic rings. The Morgan fingerprint density at radius 3 is 2.67 bits per heavy atom. The SMILES string of the molecule is CN(Cc1cnc2c(n1)C(N)N=C(N)N2)c1ccc(C(=O)N[C@H](CCC(=O)OCCN)C(=O)O)cc1. The summed E-state index contributed by atoms with van der Waals surface area (Å²) in [5.41, 5.74) is 19.1. The first-order valence-corrected chi connectivity index (χ1v) is 11.1. The zero-order chi connectivity index (χ0) is 26.2. The molecule has 0 spiro atoms. The van der Waals surface area contributed by atoms with E-state index in [9.17, 15) is 19.5 Å². The molecule has 1 aromatic carbocycles. The van der Waals surface area contributed by atoms with Gasteiger partial charge >= 0.3 is 11.9 Å². The van der Waals surface area contributed by atoms with Gasteiger partial charge < -0.3 is 42.6 Å². The van der Waals surface area contributed by atoms with Crippen molar-refractivity contribution >= 4 is 35.3 Å². The Balaban J connectivity index is 1.59. The van der Waals surface area contributed by atoms with Gasteiger partial charge in [-0.15, -0.1) is 0 Å². The number of carbonyl (C=O) groups is 3. The van der Waals surface area contributed by atoms with E-state index in [1.165, 1.54) is 0 Å². The number of carbonyl (C=O) groups excluding carboxylic acids is 2. The fourth-order valence-electron chi connectivity index (χ4n) is 3.39. The lowest BCUT2D eigenvalue weighted by Gasteiger charge is -2.22. The van der Waals surface area contributed by atoms with Crippen LogP contribution >= 0.6 is 0 Å². The van der Waals surface area contributed by atoms with Crippen LogP contribution < -0.4 is 32.7 Å². The molecule has 192 valence electrons. The van der Waals surface area contributed by atoms with Gasteiger partial charge in [0.15, 0.2) is 11.8 Å². The van der Waals surface area contributed by atoms with E-state index in [0.717, 1.165) is 5.69 Å². The number of carboxylic acid groups (broad SMARTS) is 1. The predicted molar refractivity (Wildman–Crippen MR) is 131 cm³/mol. The molecule has 3 rings (SSSR count). The van der Waals surface area contributed by atoms with E-state index < -0.39 is 30.1 Å². The molecular weight excluding hydrogens is 470 g/mol. The van der Waals surface area contributed by atoms with Crippen LogP contribution in [0.15, 0.2) is 35.5 Å². The standard InChI is InChI=1S/C22H29N9O5/c1-31(11-13-10-26-19-17(27-13)18(24)29-22(25)30-19)14-4-2-12(3-5-14)20(33)28-15(21(34)35)6-7-16(32)36-9-8-23/h2-5,10,15,18H,6-9,11,23-24H2,1H3,(H,28,33)(H,34,35)(H3,25,26,29,30)/t15-,18?/m1/s1. The second kappa shape index (κ2) is 11.9. The van der Waals surface area contributed by atoms with E-state index >= 15 is 0 Å². The second-order valence-electron chi connectivity index (χ2n) is 7.99. The van der Waals surface area contributed by atoms with Crippen molar-refractivity contribution in [2.24, 2.45) is 22.2 Å². The number of nitrogens with one attached hydrogen (secondary N) is 2. The highest BCUT2D eigenvalue weighted by Gasteiger charge is 2.23. The minimum Gasteiger partial charge on any atom is -0.480 e. The molecule has 0 fully saturated rings. The number of carboxylic acids is 1. The summed E-state index contributed by atoms with van der Waals surface area (Å²) in [6.07, 6.45) is 0.633. The Bertz CT molecular complexity index is 1140. The Hall–Kier alpha value is -4.30. The normalized spacial score (nSPS) is 15.1. The molecule has 9 N–H and O–H groups in total. The minimum atomic E-state index is -1.25. The number of aliphatic carboxylic acids is 1. The summed E-state index contributed by atoms with van der Waals surface area (Å²) in [6.45, 7) is 0.628. The van der Waals surface area contributed by atoms with E-state index in [2.05, 4.69) is 25.6 Å². The highest BCUT2D eigenvalue weighted by atomic mass is 16.5. The van der Waals surface area contributed by atoms with Gasteiger partial charge in [0.1, 0.15) is 24.5 Å². The number of rotatable bonds is 11. The lowest BCUT2D eigenvalue weighted by Crippen LogP contribution is -2.41. The fourth-order valence-corrected chi connectivity index (χ4v) is 3.39. The number of benzene rings is 1. The Kier molecular flexibility index (Phi) is 8.70. The Morgan fingerprint density at radius 1 is 1.28 bits per heavy atom. The van der Waals surface area contributed by atoms with Gasteiger partial charge in [-0.25, -0.2) is 19.8 Å². The van der Waals surface area contributed by atoms with Crippen LogP contribution in [0.3, 0.4) is 0 Å². The highest BCUT2D eigenvalue weighted by Crippen LogP contribution is 2.23. The third-order valence-electron chi connectivity index (χ3n) is 5.25. The average Bonchev–Trinajstić information content (AvgIpc) is 2.85. The molecule has 0 bridgehead atoms. The van der Waals surface area contributed by atoms with Gasteiger partial charge in [-0.3, -0.25) is 9.59 Å². The third kappa shape index (κ3) is 6.86. The molecule has 1 aliphatic heterocycles. The van der Waals surface area contributed by atoms with Crippen LogP contribution in [0.2, 0.25) is 0 Å². The summed E-state index contributed by atoms with van der Waals surface area (Å²) in [5.74, 6) is -1.76. The van der Waals surface area contributed by atoms with Crippen molar-refractivity contribution in [3.63, 3.8) is 0 Å². The first kappa shape index (κ1) is 26.3. The molecule has 0 aliphatic carbocycles. The molecule has 1 amide bonds. The van der Waals surface area contributed by atoms with E-state index in [-0.39, 0.29) is 37.5 Å². The molecule has 36 heavy (non-hydrogen) atoms. The first-order chi connectivity index (χ1) is 17.2. The third-order valence-corrected chi connectivity index (χ3v) is 5.25. The number of guanidine groups is 1. The Labute approximate surface area is 206 Å². The molecule has 2 heterocycles. The van der Waals surface area contributed by atoms with Crippen molar-refractivity contribution < 1.29 is 24.2 Å². The molecule has 0 saturated carbocycles. The number of esters is 1. The summed E-state index contributed by atoms with van der Waals surface area (Å²) in [4.78, 5) is 50.4. The van der Waals surface area contributed by atoms with Crippen molar-refractivity contribution in [3.8, 4) is 0 Å². The first-order valence-electron chi connectivity index (χ1n) is 11.1. The summed E-state index contributed by atoms with van der Waals surface area (Å²) in [7, 11) is 1.84. The van der Waals surface area contributed by atoms with Gasteiger partial charge in [0.25, 0.3) is 5.91 Å². The van der Waals surface area contributed by atoms with E-state index in [4.69, 9.17) is 21.9 Å². The van der Waals surface area contributed by atoms with Gasteiger partial charge in [0, 0.05) is 31.3 Å². The molecule has 0 radical (unpaired) electrons. The molecule has 2 atom stereocenters. The highest BCUT2D eigenvalue weighted by molar-refractivity contribution is 5.97. The van der Waals surface area contributed by atoms with Gasteiger partial charge in [-0.1, -0.05) is 0 Å². The van der Waals surface area contributed by atoms with Crippen LogP contribution in [0.4, 0.5) is 11.5 Å². The van der Waals surface area contributed by atoms with E-state index in [1.54, 1.807) is 30.5 Å². The summed E-state index contributed by atoms with van der Waals surface area (Å²) >= 11 is 0. The van der Waals surface area contributed by atoms with Gasteiger partial charge in [-0.05, 0) is 30.7 Å².